The Morgan fingerprint density at radius 3 is 0.753 bits per heavy atom. The molecule has 0 amide bonds. The molecule has 0 rings (SSSR count). The maximum atomic E-state index is 13.0. The van der Waals surface area contributed by atoms with E-state index in [-0.39, 0.29) is 31.1 Å². The van der Waals surface area contributed by atoms with Gasteiger partial charge < -0.3 is 14.2 Å². The van der Waals surface area contributed by atoms with Crippen LogP contribution >= 0.6 is 0 Å². The maximum Gasteiger partial charge on any atom is 0.306 e. The van der Waals surface area contributed by atoms with Crippen LogP contribution in [0.2, 0.25) is 0 Å². The van der Waals surface area contributed by atoms with Gasteiger partial charge in [0.15, 0.2) is 6.10 Å². The van der Waals surface area contributed by atoms with Crippen LogP contribution in [0.4, 0.5) is 0 Å². The highest BCUT2D eigenvalue weighted by atomic mass is 16.6. The van der Waals surface area contributed by atoms with Crippen molar-refractivity contribution in [3.05, 3.63) is 85.1 Å². The molecule has 0 N–H and O–H groups in total. The van der Waals surface area contributed by atoms with E-state index in [4.69, 9.17) is 14.2 Å². The Bertz CT molecular complexity index is 1530. The van der Waals surface area contributed by atoms with Gasteiger partial charge in [-0.3, -0.25) is 14.4 Å². The van der Waals surface area contributed by atoms with Gasteiger partial charge in [0.2, 0.25) is 0 Å². The molecule has 81 heavy (non-hydrogen) atoms. The Kier molecular flexibility index (Phi) is 66.2. The predicted octanol–water partition coefficient (Wildman–Crippen LogP) is 24.2. The molecule has 6 heteroatoms. The van der Waals surface area contributed by atoms with Gasteiger partial charge in [-0.25, -0.2) is 0 Å². The first kappa shape index (κ1) is 77.6. The van der Waals surface area contributed by atoms with E-state index < -0.39 is 6.10 Å². The minimum Gasteiger partial charge on any atom is -0.462 e. The lowest BCUT2D eigenvalue weighted by molar-refractivity contribution is -0.167. The molecule has 0 saturated heterocycles. The zero-order valence-corrected chi connectivity index (χ0v) is 53.8. The fourth-order valence-corrected chi connectivity index (χ4v) is 10.2. The van der Waals surface area contributed by atoms with Crippen molar-refractivity contribution in [1.29, 1.82) is 0 Å². The number of ether oxygens (including phenoxy) is 3. The van der Waals surface area contributed by atoms with Crippen LogP contribution in [0.15, 0.2) is 85.1 Å². The van der Waals surface area contributed by atoms with E-state index in [0.717, 1.165) is 109 Å². The molecule has 0 aliphatic rings. The van der Waals surface area contributed by atoms with E-state index in [1.54, 1.807) is 0 Å². The highest BCUT2D eigenvalue weighted by Gasteiger charge is 2.19. The summed E-state index contributed by atoms with van der Waals surface area (Å²) in [7, 11) is 0. The van der Waals surface area contributed by atoms with Gasteiger partial charge in [0.25, 0.3) is 0 Å². The van der Waals surface area contributed by atoms with Crippen LogP contribution in [0.25, 0.3) is 0 Å². The summed E-state index contributed by atoms with van der Waals surface area (Å²) in [6.45, 7) is 6.55. The summed E-state index contributed by atoms with van der Waals surface area (Å²) in [6.07, 6.45) is 91.7. The molecule has 0 saturated carbocycles. The number of unbranched alkanes of at least 4 members (excludes halogenated alkanes) is 39. The number of rotatable bonds is 64. The molecule has 1 atom stereocenters. The summed E-state index contributed by atoms with van der Waals surface area (Å²) < 4.78 is 17.0. The SMILES string of the molecule is CC/C=C\C/C=C\C/C=C\C/C=C\CCCCCCC(=O)OCC(COC(=O)CCCCCCCCCCCCCC/C=C\C/C=C\C/C=C\CCCCCCC)OC(=O)CCCCCCCCCCCCCCCCCCCCC. The summed E-state index contributed by atoms with van der Waals surface area (Å²) >= 11 is 0. The van der Waals surface area contributed by atoms with Crippen molar-refractivity contribution in [3.63, 3.8) is 0 Å². The molecule has 0 aliphatic carbocycles. The summed E-state index contributed by atoms with van der Waals surface area (Å²) in [5, 5.41) is 0. The molecule has 0 bridgehead atoms. The van der Waals surface area contributed by atoms with Crippen LogP contribution in [-0.2, 0) is 28.6 Å². The second-order valence-corrected chi connectivity index (χ2v) is 23.4. The van der Waals surface area contributed by atoms with E-state index in [1.165, 1.54) is 205 Å². The minimum absolute atomic E-state index is 0.0823. The second kappa shape index (κ2) is 69.1. The molecule has 0 aromatic heterocycles. The van der Waals surface area contributed by atoms with Crippen molar-refractivity contribution in [2.45, 2.75) is 361 Å². The normalized spacial score (nSPS) is 12.6. The number of carbonyl (C=O) groups excluding carboxylic acids is 3. The summed E-state index contributed by atoms with van der Waals surface area (Å²) in [5.41, 5.74) is 0. The Labute approximate surface area is 503 Å². The van der Waals surface area contributed by atoms with Gasteiger partial charge in [-0.05, 0) is 96.3 Å². The van der Waals surface area contributed by atoms with E-state index >= 15 is 0 Å². The second-order valence-electron chi connectivity index (χ2n) is 23.4. The van der Waals surface area contributed by atoms with E-state index in [2.05, 4.69) is 106 Å². The van der Waals surface area contributed by atoms with Crippen molar-refractivity contribution in [2.75, 3.05) is 13.2 Å². The van der Waals surface area contributed by atoms with Gasteiger partial charge in [-0.15, -0.1) is 0 Å². The highest BCUT2D eigenvalue weighted by Crippen LogP contribution is 2.18. The largest absolute Gasteiger partial charge is 0.462 e. The monoisotopic (exact) mass is 1130 g/mol. The van der Waals surface area contributed by atoms with Crippen LogP contribution < -0.4 is 0 Å². The molecule has 0 radical (unpaired) electrons. The third kappa shape index (κ3) is 67.3. The molecule has 0 heterocycles. The lowest BCUT2D eigenvalue weighted by atomic mass is 10.0. The van der Waals surface area contributed by atoms with Crippen LogP contribution in [0.5, 0.6) is 0 Å². The molecule has 6 nitrogen and oxygen atoms in total. The van der Waals surface area contributed by atoms with Crippen molar-refractivity contribution in [1.82, 2.24) is 0 Å². The molecule has 1 unspecified atom stereocenters. The zero-order chi connectivity index (χ0) is 58.5. The van der Waals surface area contributed by atoms with Crippen molar-refractivity contribution in [3.8, 4) is 0 Å². The molecular formula is C75H132O6. The van der Waals surface area contributed by atoms with E-state index in [0.29, 0.717) is 19.3 Å². The number of hydrogen-bond acceptors (Lipinski definition) is 6. The van der Waals surface area contributed by atoms with Gasteiger partial charge in [0.05, 0.1) is 0 Å². The molecule has 0 fully saturated rings. The van der Waals surface area contributed by atoms with Gasteiger partial charge in [-0.1, -0.05) is 324 Å². The van der Waals surface area contributed by atoms with Crippen LogP contribution in [-0.4, -0.2) is 37.2 Å². The predicted molar refractivity (Wildman–Crippen MR) is 353 cm³/mol. The van der Waals surface area contributed by atoms with Gasteiger partial charge in [0, 0.05) is 19.3 Å². The van der Waals surface area contributed by atoms with Crippen molar-refractivity contribution in [2.24, 2.45) is 0 Å². The fraction of sp³-hybridized carbons (Fsp3) is 0.773. The summed E-state index contributed by atoms with van der Waals surface area (Å²) in [6, 6.07) is 0. The quantitative estimate of drug-likeness (QED) is 0.0261. The lowest BCUT2D eigenvalue weighted by Gasteiger charge is -2.18. The average Bonchev–Trinajstić information content (AvgIpc) is 3.47. The molecule has 0 aromatic carbocycles. The molecule has 0 aromatic rings. The number of hydrogen-bond donors (Lipinski definition) is 0. The first-order chi connectivity index (χ1) is 40.0. The maximum absolute atomic E-state index is 13.0. The van der Waals surface area contributed by atoms with Crippen LogP contribution in [0.3, 0.4) is 0 Å². The standard InChI is InChI=1S/C75H132O6/c1-4-7-10-13-16-19-22-25-28-31-33-34-35-36-37-38-39-40-42-44-47-50-53-56-59-62-65-68-74(77)80-71-72(70-79-73(76)67-64-61-58-55-52-49-46-43-30-27-24-21-18-15-12-9-6-3)81-75(78)69-66-63-60-57-54-51-48-45-41-32-29-26-23-20-17-14-11-8-5-2/h9,12,18,21-22,25,27,30-31,33,35-36,46,49,72H,4-8,10-11,13-17,19-20,23-24,26,28-29,32,34,37-45,47-48,50-71H2,1-3H3/b12-9-,21-18-,25-22-,30-27-,33-31-,36-35-,49-46-. The average molecular weight is 1130 g/mol. The summed E-state index contributed by atoms with van der Waals surface area (Å²) in [5.74, 6) is -0.889. The topological polar surface area (TPSA) is 78.9 Å². The lowest BCUT2D eigenvalue weighted by Crippen LogP contribution is -2.30. The number of esters is 3. The first-order valence-corrected chi connectivity index (χ1v) is 35.1. The Balaban J connectivity index is 4.33. The minimum atomic E-state index is -0.788. The van der Waals surface area contributed by atoms with E-state index in [1.807, 2.05) is 0 Å². The van der Waals surface area contributed by atoms with E-state index in [9.17, 15) is 14.4 Å². The van der Waals surface area contributed by atoms with Gasteiger partial charge >= 0.3 is 17.9 Å². The molecule has 0 spiro atoms. The first-order valence-electron chi connectivity index (χ1n) is 35.1. The van der Waals surface area contributed by atoms with Gasteiger partial charge in [-0.2, -0.15) is 0 Å². The fourth-order valence-electron chi connectivity index (χ4n) is 10.2. The smallest absolute Gasteiger partial charge is 0.306 e. The van der Waals surface area contributed by atoms with Crippen LogP contribution in [0, 0.1) is 0 Å². The number of allylic oxidation sites excluding steroid dienone is 14. The van der Waals surface area contributed by atoms with Crippen LogP contribution in [0.1, 0.15) is 355 Å². The third-order valence-corrected chi connectivity index (χ3v) is 15.4. The molecular weight excluding hydrogens is 997 g/mol. The number of carbonyl (C=O) groups is 3. The van der Waals surface area contributed by atoms with Crippen molar-refractivity contribution < 1.29 is 28.6 Å². The third-order valence-electron chi connectivity index (χ3n) is 15.4. The zero-order valence-electron chi connectivity index (χ0n) is 53.8. The summed E-state index contributed by atoms with van der Waals surface area (Å²) in [4.78, 5) is 38.5. The van der Waals surface area contributed by atoms with Crippen molar-refractivity contribution >= 4 is 17.9 Å². The Morgan fingerprint density at radius 2 is 0.481 bits per heavy atom. The highest BCUT2D eigenvalue weighted by molar-refractivity contribution is 5.71. The Morgan fingerprint density at radius 1 is 0.259 bits per heavy atom. The molecule has 0 aliphatic heterocycles. The van der Waals surface area contributed by atoms with Gasteiger partial charge in [0.1, 0.15) is 13.2 Å². The molecule has 468 valence electrons. The Hall–Kier alpha value is -3.41.